The van der Waals surface area contributed by atoms with E-state index >= 15 is 0 Å². The van der Waals surface area contributed by atoms with Gasteiger partial charge in [0.05, 0.1) is 5.54 Å². The Bertz CT molecular complexity index is 659. The molecule has 2 rings (SSSR count). The summed E-state index contributed by atoms with van der Waals surface area (Å²) in [6.45, 7) is 5.38. The Morgan fingerprint density at radius 3 is 2.70 bits per heavy atom. The predicted molar refractivity (Wildman–Crippen MR) is 71.1 cm³/mol. The zero-order chi connectivity index (χ0) is 14.8. The molecule has 3 N–H and O–H groups in total. The molecule has 106 valence electrons. The number of carbonyl (C=O) groups excluding carboxylic acids is 1. The molecule has 8 heteroatoms. The molecular formula is C12H16N6O2. The standard InChI is InChI=1S/C12H16N6O2/c1-4-8-13-5-7(9(19)16-8)10(20)17-12(2,3)11-14-6-15-18-11/h5-6H,4H2,1-3H3,(H,17,20)(H,13,16,19)(H,14,15,18). The van der Waals surface area contributed by atoms with Crippen LogP contribution in [0.4, 0.5) is 0 Å². The van der Waals surface area contributed by atoms with Crippen molar-refractivity contribution in [3.05, 3.63) is 40.1 Å². The molecule has 8 nitrogen and oxygen atoms in total. The molecule has 0 spiro atoms. The molecule has 0 aromatic carbocycles. The average molecular weight is 276 g/mol. The zero-order valence-corrected chi connectivity index (χ0v) is 11.5. The van der Waals surface area contributed by atoms with E-state index in [1.165, 1.54) is 12.5 Å². The normalized spacial score (nSPS) is 11.3. The van der Waals surface area contributed by atoms with E-state index in [4.69, 9.17) is 0 Å². The smallest absolute Gasteiger partial charge is 0.263 e. The van der Waals surface area contributed by atoms with Crippen LogP contribution in [0.15, 0.2) is 17.3 Å². The topological polar surface area (TPSA) is 116 Å². The van der Waals surface area contributed by atoms with Crippen molar-refractivity contribution in [3.63, 3.8) is 0 Å². The number of amides is 1. The van der Waals surface area contributed by atoms with Crippen LogP contribution in [0.25, 0.3) is 0 Å². The summed E-state index contributed by atoms with van der Waals surface area (Å²) in [4.78, 5) is 34.5. The molecule has 0 atom stereocenters. The van der Waals surface area contributed by atoms with Gasteiger partial charge in [0.1, 0.15) is 23.5 Å². The van der Waals surface area contributed by atoms with Crippen molar-refractivity contribution in [3.8, 4) is 0 Å². The van der Waals surface area contributed by atoms with Gasteiger partial charge in [-0.15, -0.1) is 0 Å². The minimum absolute atomic E-state index is 0.0326. The number of aromatic nitrogens is 5. The molecular weight excluding hydrogens is 260 g/mol. The van der Waals surface area contributed by atoms with Gasteiger partial charge in [-0.2, -0.15) is 5.10 Å². The van der Waals surface area contributed by atoms with Crippen molar-refractivity contribution < 1.29 is 4.79 Å². The van der Waals surface area contributed by atoms with Gasteiger partial charge in [0.15, 0.2) is 0 Å². The van der Waals surface area contributed by atoms with Crippen LogP contribution < -0.4 is 10.9 Å². The molecule has 0 saturated carbocycles. The molecule has 0 unspecified atom stereocenters. The number of aromatic amines is 2. The first-order valence-electron chi connectivity index (χ1n) is 6.20. The highest BCUT2D eigenvalue weighted by molar-refractivity contribution is 5.93. The molecule has 0 bridgehead atoms. The van der Waals surface area contributed by atoms with Gasteiger partial charge < -0.3 is 10.3 Å². The van der Waals surface area contributed by atoms with Crippen molar-refractivity contribution >= 4 is 5.91 Å². The molecule has 0 fully saturated rings. The van der Waals surface area contributed by atoms with Gasteiger partial charge in [-0.25, -0.2) is 9.97 Å². The number of nitrogens with zero attached hydrogens (tertiary/aromatic N) is 3. The van der Waals surface area contributed by atoms with Crippen molar-refractivity contribution in [2.75, 3.05) is 0 Å². The minimum Gasteiger partial charge on any atom is -0.340 e. The fourth-order valence-corrected chi connectivity index (χ4v) is 1.69. The Hall–Kier alpha value is -2.51. The lowest BCUT2D eigenvalue weighted by molar-refractivity contribution is 0.0906. The maximum atomic E-state index is 12.1. The van der Waals surface area contributed by atoms with Gasteiger partial charge in [-0.3, -0.25) is 14.7 Å². The summed E-state index contributed by atoms with van der Waals surface area (Å²) in [7, 11) is 0. The third-order valence-corrected chi connectivity index (χ3v) is 2.86. The monoisotopic (exact) mass is 276 g/mol. The van der Waals surface area contributed by atoms with Crippen LogP contribution in [0.2, 0.25) is 0 Å². The molecule has 0 aliphatic rings. The first-order chi connectivity index (χ1) is 9.44. The third kappa shape index (κ3) is 2.73. The summed E-state index contributed by atoms with van der Waals surface area (Å²) in [5, 5.41) is 9.15. The van der Waals surface area contributed by atoms with Crippen molar-refractivity contribution in [1.82, 2.24) is 30.5 Å². The summed E-state index contributed by atoms with van der Waals surface area (Å²) >= 11 is 0. The first kappa shape index (κ1) is 13.9. The van der Waals surface area contributed by atoms with E-state index in [2.05, 4.69) is 30.5 Å². The molecule has 1 amide bonds. The Morgan fingerprint density at radius 1 is 1.40 bits per heavy atom. The maximum Gasteiger partial charge on any atom is 0.263 e. The Labute approximate surface area is 115 Å². The van der Waals surface area contributed by atoms with E-state index in [9.17, 15) is 9.59 Å². The maximum absolute atomic E-state index is 12.1. The molecule has 0 aliphatic carbocycles. The molecule has 0 aliphatic heterocycles. The fourth-order valence-electron chi connectivity index (χ4n) is 1.69. The second-order valence-corrected chi connectivity index (χ2v) is 4.84. The van der Waals surface area contributed by atoms with Crippen LogP contribution in [0.1, 0.15) is 42.8 Å². The first-order valence-corrected chi connectivity index (χ1v) is 6.20. The molecule has 2 aromatic rings. The van der Waals surface area contributed by atoms with Crippen LogP contribution in [0.3, 0.4) is 0 Å². The van der Waals surface area contributed by atoms with Gasteiger partial charge in [0, 0.05) is 12.6 Å². The van der Waals surface area contributed by atoms with Crippen molar-refractivity contribution in [2.45, 2.75) is 32.7 Å². The quantitative estimate of drug-likeness (QED) is 0.733. The van der Waals surface area contributed by atoms with Crippen LogP contribution >= 0.6 is 0 Å². The van der Waals surface area contributed by atoms with E-state index in [1.807, 2.05) is 6.92 Å². The SMILES string of the molecule is CCc1ncc(C(=O)NC(C)(C)c2ncn[nH]2)c(=O)[nH]1. The fraction of sp³-hybridized carbons (Fsp3) is 0.417. The lowest BCUT2D eigenvalue weighted by Gasteiger charge is -2.23. The lowest BCUT2D eigenvalue weighted by Crippen LogP contribution is -2.43. The van der Waals surface area contributed by atoms with Crippen LogP contribution in [0.5, 0.6) is 0 Å². The minimum atomic E-state index is -0.774. The number of H-pyrrole nitrogens is 2. The van der Waals surface area contributed by atoms with E-state index in [1.54, 1.807) is 13.8 Å². The van der Waals surface area contributed by atoms with Crippen LogP contribution in [-0.2, 0) is 12.0 Å². The van der Waals surface area contributed by atoms with Crippen LogP contribution in [0, 0.1) is 0 Å². The van der Waals surface area contributed by atoms with Crippen molar-refractivity contribution in [2.24, 2.45) is 0 Å². The summed E-state index contributed by atoms with van der Waals surface area (Å²) in [5.41, 5.74) is -1.26. The second kappa shape index (κ2) is 5.24. The number of rotatable bonds is 4. The highest BCUT2D eigenvalue weighted by Crippen LogP contribution is 2.14. The van der Waals surface area contributed by atoms with Gasteiger partial charge >= 0.3 is 0 Å². The molecule has 20 heavy (non-hydrogen) atoms. The van der Waals surface area contributed by atoms with E-state index in [-0.39, 0.29) is 5.56 Å². The van der Waals surface area contributed by atoms with Gasteiger partial charge in [-0.05, 0) is 13.8 Å². The highest BCUT2D eigenvalue weighted by atomic mass is 16.2. The Morgan fingerprint density at radius 2 is 2.15 bits per heavy atom. The molecule has 0 saturated heterocycles. The van der Waals surface area contributed by atoms with E-state index in [0.29, 0.717) is 18.1 Å². The number of hydrogen-bond acceptors (Lipinski definition) is 5. The summed E-state index contributed by atoms with van der Waals surface area (Å²) < 4.78 is 0. The molecule has 2 heterocycles. The summed E-state index contributed by atoms with van der Waals surface area (Å²) in [6.07, 6.45) is 3.23. The van der Waals surface area contributed by atoms with E-state index < -0.39 is 17.0 Å². The second-order valence-electron chi connectivity index (χ2n) is 4.84. The molecule has 2 aromatic heterocycles. The Kier molecular flexibility index (Phi) is 3.64. The average Bonchev–Trinajstić information content (AvgIpc) is 2.92. The number of nitrogens with one attached hydrogen (secondary N) is 3. The van der Waals surface area contributed by atoms with Crippen LogP contribution in [-0.4, -0.2) is 31.1 Å². The Balaban J connectivity index is 2.23. The largest absolute Gasteiger partial charge is 0.340 e. The highest BCUT2D eigenvalue weighted by Gasteiger charge is 2.27. The summed E-state index contributed by atoms with van der Waals surface area (Å²) in [6, 6.07) is 0. The number of carbonyl (C=O) groups is 1. The third-order valence-electron chi connectivity index (χ3n) is 2.86. The zero-order valence-electron chi connectivity index (χ0n) is 11.5. The number of hydrogen-bond donors (Lipinski definition) is 3. The molecule has 0 radical (unpaired) electrons. The lowest BCUT2D eigenvalue weighted by atomic mass is 10.0. The predicted octanol–water partition coefficient (Wildman–Crippen LogP) is 0.116. The van der Waals surface area contributed by atoms with E-state index in [0.717, 1.165) is 0 Å². The van der Waals surface area contributed by atoms with Gasteiger partial charge in [-0.1, -0.05) is 6.92 Å². The van der Waals surface area contributed by atoms with Crippen molar-refractivity contribution in [1.29, 1.82) is 0 Å². The van der Waals surface area contributed by atoms with Gasteiger partial charge in [0.25, 0.3) is 11.5 Å². The summed E-state index contributed by atoms with van der Waals surface area (Å²) in [5.74, 6) is 0.532. The number of aryl methyl sites for hydroxylation is 1. The van der Waals surface area contributed by atoms with Gasteiger partial charge in [0.2, 0.25) is 0 Å².